The van der Waals surface area contributed by atoms with Gasteiger partial charge in [0.05, 0.1) is 12.9 Å². The van der Waals surface area contributed by atoms with Crippen molar-refractivity contribution in [2.24, 2.45) is 16.7 Å². The van der Waals surface area contributed by atoms with Gasteiger partial charge < -0.3 is 14.3 Å². The molecule has 3 rings (SSSR count). The Bertz CT molecular complexity index is 570. The van der Waals surface area contributed by atoms with Crippen LogP contribution < -0.4 is 0 Å². The van der Waals surface area contributed by atoms with Gasteiger partial charge in [-0.05, 0) is 44.2 Å². The fraction of sp³-hybridized carbons (Fsp3) is 0.588. The molecule has 1 aromatic rings. The number of aliphatic hydroxyl groups excluding tert-OH is 1. The maximum atomic E-state index is 12.3. The molecule has 4 nitrogen and oxygen atoms in total. The molecular formula is C17H22O4. The van der Waals surface area contributed by atoms with E-state index in [2.05, 4.69) is 26.8 Å². The SMILES string of the molecule is CC(C)=CCC[C@@]1(C)[C@@H]2COC(=O)[C@@]21[C@@H](O)c1ccco1. The smallest absolute Gasteiger partial charge is 0.316 e. The van der Waals surface area contributed by atoms with Gasteiger partial charge in [-0.25, -0.2) is 0 Å². The number of fused-ring (bicyclic) bond motifs is 1. The van der Waals surface area contributed by atoms with Crippen LogP contribution in [0.4, 0.5) is 0 Å². The lowest BCUT2D eigenvalue weighted by Crippen LogP contribution is -2.29. The Morgan fingerprint density at radius 1 is 1.57 bits per heavy atom. The minimum Gasteiger partial charge on any atom is -0.467 e. The van der Waals surface area contributed by atoms with Crippen molar-refractivity contribution in [3.8, 4) is 0 Å². The Balaban J connectivity index is 1.87. The Hall–Kier alpha value is -1.55. The van der Waals surface area contributed by atoms with Crippen LogP contribution in [0.3, 0.4) is 0 Å². The highest BCUT2D eigenvalue weighted by molar-refractivity contribution is 5.86. The average Bonchev–Trinajstić information content (AvgIpc) is 2.86. The molecule has 2 fully saturated rings. The summed E-state index contributed by atoms with van der Waals surface area (Å²) in [6.07, 6.45) is 4.56. The fourth-order valence-electron chi connectivity index (χ4n) is 4.11. The summed E-state index contributed by atoms with van der Waals surface area (Å²) in [7, 11) is 0. The number of rotatable bonds is 5. The minimum atomic E-state index is -0.927. The topological polar surface area (TPSA) is 59.7 Å². The van der Waals surface area contributed by atoms with Crippen molar-refractivity contribution >= 4 is 5.97 Å². The number of furan rings is 1. The molecule has 0 spiro atoms. The highest BCUT2D eigenvalue weighted by Crippen LogP contribution is 2.78. The van der Waals surface area contributed by atoms with E-state index in [-0.39, 0.29) is 17.3 Å². The van der Waals surface area contributed by atoms with Gasteiger partial charge in [0.1, 0.15) is 17.3 Å². The van der Waals surface area contributed by atoms with E-state index in [1.165, 1.54) is 11.8 Å². The lowest BCUT2D eigenvalue weighted by atomic mass is 9.84. The molecular weight excluding hydrogens is 268 g/mol. The molecule has 4 atom stereocenters. The first kappa shape index (κ1) is 14.4. The van der Waals surface area contributed by atoms with Crippen molar-refractivity contribution in [2.45, 2.75) is 39.7 Å². The van der Waals surface area contributed by atoms with E-state index < -0.39 is 11.5 Å². The maximum absolute atomic E-state index is 12.3. The van der Waals surface area contributed by atoms with E-state index in [9.17, 15) is 9.90 Å². The number of esters is 1. The summed E-state index contributed by atoms with van der Waals surface area (Å²) in [5.74, 6) is 0.240. The second-order valence-electron chi connectivity index (χ2n) is 6.68. The largest absolute Gasteiger partial charge is 0.467 e. The van der Waals surface area contributed by atoms with Crippen molar-refractivity contribution in [3.05, 3.63) is 35.8 Å². The first-order chi connectivity index (χ1) is 9.94. The van der Waals surface area contributed by atoms with Crippen molar-refractivity contribution in [1.29, 1.82) is 0 Å². The van der Waals surface area contributed by atoms with E-state index in [4.69, 9.17) is 9.15 Å². The molecule has 1 N–H and O–H groups in total. The molecule has 0 bridgehead atoms. The molecule has 0 unspecified atom stereocenters. The second kappa shape index (κ2) is 4.73. The molecule has 0 amide bonds. The van der Waals surface area contributed by atoms with Crippen LogP contribution in [0.2, 0.25) is 0 Å². The number of carbonyl (C=O) groups excluding carboxylic acids is 1. The second-order valence-corrected chi connectivity index (χ2v) is 6.68. The number of aliphatic hydroxyl groups is 1. The van der Waals surface area contributed by atoms with E-state index in [0.29, 0.717) is 12.4 Å². The molecule has 1 saturated carbocycles. The zero-order valence-electron chi connectivity index (χ0n) is 12.8. The predicted molar refractivity (Wildman–Crippen MR) is 77.3 cm³/mol. The average molecular weight is 290 g/mol. The third-order valence-electron chi connectivity index (χ3n) is 5.36. The summed E-state index contributed by atoms with van der Waals surface area (Å²) in [4.78, 5) is 12.3. The van der Waals surface area contributed by atoms with E-state index in [1.54, 1.807) is 12.1 Å². The Labute approximate surface area is 124 Å². The predicted octanol–water partition coefficient (Wildman–Crippen LogP) is 3.24. The van der Waals surface area contributed by atoms with Crippen LogP contribution in [0.15, 0.2) is 34.5 Å². The van der Waals surface area contributed by atoms with Gasteiger partial charge in [0.2, 0.25) is 0 Å². The zero-order chi connectivity index (χ0) is 15.3. The van der Waals surface area contributed by atoms with Gasteiger partial charge in [-0.1, -0.05) is 18.6 Å². The van der Waals surface area contributed by atoms with Crippen LogP contribution in [0, 0.1) is 16.7 Å². The first-order valence-corrected chi connectivity index (χ1v) is 7.46. The molecule has 21 heavy (non-hydrogen) atoms. The number of carbonyl (C=O) groups is 1. The first-order valence-electron chi connectivity index (χ1n) is 7.46. The summed E-state index contributed by atoms with van der Waals surface area (Å²) in [6.45, 7) is 6.63. The number of hydrogen-bond acceptors (Lipinski definition) is 4. The van der Waals surface area contributed by atoms with Crippen molar-refractivity contribution in [3.63, 3.8) is 0 Å². The van der Waals surface area contributed by atoms with Crippen molar-refractivity contribution in [2.75, 3.05) is 6.61 Å². The fourth-order valence-corrected chi connectivity index (χ4v) is 4.11. The molecule has 2 heterocycles. The minimum absolute atomic E-state index is 0.0724. The molecule has 1 aliphatic heterocycles. The molecule has 1 aliphatic carbocycles. The van der Waals surface area contributed by atoms with Gasteiger partial charge in [-0.2, -0.15) is 0 Å². The van der Waals surface area contributed by atoms with Crippen molar-refractivity contribution in [1.82, 2.24) is 0 Å². The number of allylic oxidation sites excluding steroid dienone is 2. The summed E-state index contributed by atoms with van der Waals surface area (Å²) >= 11 is 0. The monoisotopic (exact) mass is 290 g/mol. The van der Waals surface area contributed by atoms with Crippen LogP contribution in [0.1, 0.15) is 45.5 Å². The number of hydrogen-bond donors (Lipinski definition) is 1. The van der Waals surface area contributed by atoms with E-state index in [1.807, 2.05) is 0 Å². The van der Waals surface area contributed by atoms with Gasteiger partial charge in [0.15, 0.2) is 0 Å². The Morgan fingerprint density at radius 3 is 2.95 bits per heavy atom. The van der Waals surface area contributed by atoms with E-state index >= 15 is 0 Å². The molecule has 1 aromatic heterocycles. The standard InChI is InChI=1S/C17H22O4/c1-11(2)6-4-8-16(3)13-10-21-15(19)17(13,16)14(18)12-7-5-9-20-12/h5-7,9,13-14,18H,4,8,10H2,1-3H3/t13-,14-,16-,17-/m0/s1. The molecule has 2 aliphatic rings. The van der Waals surface area contributed by atoms with Crippen LogP contribution >= 0.6 is 0 Å². The van der Waals surface area contributed by atoms with Crippen molar-refractivity contribution < 1.29 is 19.1 Å². The maximum Gasteiger partial charge on any atom is 0.316 e. The summed E-state index contributed by atoms with van der Waals surface area (Å²) < 4.78 is 10.5. The van der Waals surface area contributed by atoms with Gasteiger partial charge in [0, 0.05) is 5.92 Å². The number of ether oxygens (including phenoxy) is 1. The Morgan fingerprint density at radius 2 is 2.33 bits per heavy atom. The van der Waals surface area contributed by atoms with Gasteiger partial charge in [-0.15, -0.1) is 0 Å². The summed E-state index contributed by atoms with van der Waals surface area (Å²) in [5.41, 5.74) is 0.216. The van der Waals surface area contributed by atoms with Gasteiger partial charge in [-0.3, -0.25) is 4.79 Å². The van der Waals surface area contributed by atoms with E-state index in [0.717, 1.165) is 12.8 Å². The van der Waals surface area contributed by atoms with Gasteiger partial charge in [0.25, 0.3) is 0 Å². The molecule has 0 aromatic carbocycles. The van der Waals surface area contributed by atoms with Crippen LogP contribution in [0.25, 0.3) is 0 Å². The summed E-state index contributed by atoms with van der Waals surface area (Å²) in [5, 5.41) is 10.7. The molecule has 0 radical (unpaired) electrons. The quantitative estimate of drug-likeness (QED) is 0.668. The normalized spacial score (nSPS) is 35.0. The third kappa shape index (κ3) is 1.81. The highest BCUT2D eigenvalue weighted by atomic mass is 16.5. The zero-order valence-corrected chi connectivity index (χ0v) is 12.8. The highest BCUT2D eigenvalue weighted by Gasteiger charge is 2.84. The van der Waals surface area contributed by atoms with Crippen LogP contribution in [-0.4, -0.2) is 17.7 Å². The van der Waals surface area contributed by atoms with Crippen LogP contribution in [0.5, 0.6) is 0 Å². The lowest BCUT2D eigenvalue weighted by Gasteiger charge is -2.24. The lowest BCUT2D eigenvalue weighted by molar-refractivity contribution is -0.153. The van der Waals surface area contributed by atoms with Gasteiger partial charge >= 0.3 is 5.97 Å². The summed E-state index contributed by atoms with van der Waals surface area (Å²) in [6, 6.07) is 3.45. The molecule has 4 heteroatoms. The molecule has 1 saturated heterocycles. The molecule has 114 valence electrons. The van der Waals surface area contributed by atoms with Crippen LogP contribution in [-0.2, 0) is 9.53 Å². The Kier molecular flexibility index (Phi) is 3.24. The number of cyclic esters (lactones) is 1. The third-order valence-corrected chi connectivity index (χ3v) is 5.36.